The standard InChI is InChI=1S/C16H21FN4O2/c1-12-18-16(19-23-12)11-21-7-5-20(6-8-21)10-13-3-4-14(17)15(9-13)22-2/h3-4,9H,5-8,10-11H2,1-2H3. The van der Waals surface area contributed by atoms with Crippen molar-refractivity contribution in [1.29, 1.82) is 0 Å². The monoisotopic (exact) mass is 320 g/mol. The molecule has 7 heteroatoms. The van der Waals surface area contributed by atoms with Crippen LogP contribution in [0, 0.1) is 12.7 Å². The molecule has 23 heavy (non-hydrogen) atoms. The molecule has 0 radical (unpaired) electrons. The molecule has 1 aromatic carbocycles. The highest BCUT2D eigenvalue weighted by Crippen LogP contribution is 2.20. The quantitative estimate of drug-likeness (QED) is 0.838. The van der Waals surface area contributed by atoms with Gasteiger partial charge >= 0.3 is 0 Å². The van der Waals surface area contributed by atoms with Gasteiger partial charge in [0.25, 0.3) is 0 Å². The molecule has 0 spiro atoms. The Morgan fingerprint density at radius 2 is 1.87 bits per heavy atom. The predicted octanol–water partition coefficient (Wildman–Crippen LogP) is 1.84. The van der Waals surface area contributed by atoms with Gasteiger partial charge in [-0.05, 0) is 17.7 Å². The number of hydrogen-bond acceptors (Lipinski definition) is 6. The van der Waals surface area contributed by atoms with Crippen molar-refractivity contribution in [2.75, 3.05) is 33.3 Å². The van der Waals surface area contributed by atoms with E-state index in [1.165, 1.54) is 13.2 Å². The molecule has 2 aromatic rings. The second kappa shape index (κ2) is 7.06. The number of ether oxygens (including phenoxy) is 1. The molecule has 1 fully saturated rings. The maximum Gasteiger partial charge on any atom is 0.223 e. The van der Waals surface area contributed by atoms with E-state index in [1.54, 1.807) is 13.0 Å². The van der Waals surface area contributed by atoms with E-state index in [0.717, 1.165) is 50.7 Å². The number of halogens is 1. The molecule has 0 unspecified atom stereocenters. The fraction of sp³-hybridized carbons (Fsp3) is 0.500. The van der Waals surface area contributed by atoms with Crippen LogP contribution in [0.15, 0.2) is 22.7 Å². The fourth-order valence-electron chi connectivity index (χ4n) is 2.77. The van der Waals surface area contributed by atoms with Crippen LogP contribution in [-0.4, -0.2) is 53.2 Å². The van der Waals surface area contributed by atoms with Crippen molar-refractivity contribution in [1.82, 2.24) is 19.9 Å². The van der Waals surface area contributed by atoms with E-state index >= 15 is 0 Å². The molecule has 3 rings (SSSR count). The second-order valence-corrected chi connectivity index (χ2v) is 5.75. The molecule has 0 atom stereocenters. The summed E-state index contributed by atoms with van der Waals surface area (Å²) >= 11 is 0. The van der Waals surface area contributed by atoms with E-state index in [9.17, 15) is 4.39 Å². The van der Waals surface area contributed by atoms with Crippen LogP contribution in [0.2, 0.25) is 0 Å². The van der Waals surface area contributed by atoms with Crippen molar-refractivity contribution in [3.63, 3.8) is 0 Å². The molecule has 1 aromatic heterocycles. The molecule has 1 aliphatic heterocycles. The molecular weight excluding hydrogens is 299 g/mol. The fourth-order valence-corrected chi connectivity index (χ4v) is 2.77. The molecule has 0 aliphatic carbocycles. The van der Waals surface area contributed by atoms with Gasteiger partial charge in [0.2, 0.25) is 5.89 Å². The molecule has 0 N–H and O–H groups in total. The molecule has 0 amide bonds. The van der Waals surface area contributed by atoms with Crippen LogP contribution in [0.5, 0.6) is 5.75 Å². The highest BCUT2D eigenvalue weighted by atomic mass is 19.1. The average molecular weight is 320 g/mol. The van der Waals surface area contributed by atoms with Crippen LogP contribution in [-0.2, 0) is 13.1 Å². The number of benzene rings is 1. The second-order valence-electron chi connectivity index (χ2n) is 5.75. The minimum atomic E-state index is -0.323. The maximum absolute atomic E-state index is 13.4. The lowest BCUT2D eigenvalue weighted by Crippen LogP contribution is -2.45. The Balaban J connectivity index is 1.51. The summed E-state index contributed by atoms with van der Waals surface area (Å²) in [5.41, 5.74) is 1.06. The van der Waals surface area contributed by atoms with Crippen molar-refractivity contribution in [3.8, 4) is 5.75 Å². The average Bonchev–Trinajstić information content (AvgIpc) is 2.96. The summed E-state index contributed by atoms with van der Waals surface area (Å²) in [5, 5.41) is 3.93. The maximum atomic E-state index is 13.4. The topological polar surface area (TPSA) is 54.6 Å². The zero-order valence-corrected chi connectivity index (χ0v) is 13.5. The van der Waals surface area contributed by atoms with E-state index in [4.69, 9.17) is 9.26 Å². The lowest BCUT2D eigenvalue weighted by atomic mass is 10.2. The van der Waals surface area contributed by atoms with Gasteiger partial charge in [0, 0.05) is 39.6 Å². The third-order valence-corrected chi connectivity index (χ3v) is 4.02. The van der Waals surface area contributed by atoms with E-state index < -0.39 is 0 Å². The zero-order chi connectivity index (χ0) is 16.2. The van der Waals surface area contributed by atoms with Crippen molar-refractivity contribution < 1.29 is 13.7 Å². The van der Waals surface area contributed by atoms with Crippen LogP contribution in [0.25, 0.3) is 0 Å². The van der Waals surface area contributed by atoms with Gasteiger partial charge in [-0.15, -0.1) is 0 Å². The van der Waals surface area contributed by atoms with Gasteiger partial charge < -0.3 is 9.26 Å². The Morgan fingerprint density at radius 1 is 1.17 bits per heavy atom. The largest absolute Gasteiger partial charge is 0.494 e. The first-order valence-corrected chi connectivity index (χ1v) is 7.70. The first-order chi connectivity index (χ1) is 11.1. The molecule has 1 saturated heterocycles. The molecular formula is C16H21FN4O2. The van der Waals surface area contributed by atoms with Gasteiger partial charge in [0.1, 0.15) is 0 Å². The lowest BCUT2D eigenvalue weighted by Gasteiger charge is -2.34. The van der Waals surface area contributed by atoms with Gasteiger partial charge in [-0.25, -0.2) is 4.39 Å². The molecule has 124 valence electrons. The van der Waals surface area contributed by atoms with Crippen molar-refractivity contribution in [2.45, 2.75) is 20.0 Å². The molecule has 1 aliphatic rings. The van der Waals surface area contributed by atoms with Crippen LogP contribution in [0.4, 0.5) is 4.39 Å². The third kappa shape index (κ3) is 4.05. The van der Waals surface area contributed by atoms with E-state index in [-0.39, 0.29) is 5.82 Å². The lowest BCUT2D eigenvalue weighted by molar-refractivity contribution is 0.119. The minimum Gasteiger partial charge on any atom is -0.494 e. The molecule has 6 nitrogen and oxygen atoms in total. The number of rotatable bonds is 5. The van der Waals surface area contributed by atoms with Crippen LogP contribution in [0.1, 0.15) is 17.3 Å². The van der Waals surface area contributed by atoms with Crippen LogP contribution in [0.3, 0.4) is 0 Å². The highest BCUT2D eigenvalue weighted by molar-refractivity contribution is 5.30. The van der Waals surface area contributed by atoms with Gasteiger partial charge in [-0.1, -0.05) is 11.2 Å². The number of nitrogens with zero attached hydrogens (tertiary/aromatic N) is 4. The van der Waals surface area contributed by atoms with Gasteiger partial charge in [-0.3, -0.25) is 9.80 Å². The summed E-state index contributed by atoms with van der Waals surface area (Å²) in [4.78, 5) is 8.90. The number of hydrogen-bond donors (Lipinski definition) is 0. The summed E-state index contributed by atoms with van der Waals surface area (Å²) in [5.74, 6) is 1.31. The summed E-state index contributed by atoms with van der Waals surface area (Å²) in [6.07, 6.45) is 0. The number of piperazine rings is 1. The van der Waals surface area contributed by atoms with E-state index in [1.807, 2.05) is 6.07 Å². The first kappa shape index (κ1) is 15.9. The number of methoxy groups -OCH3 is 1. The molecule has 0 saturated carbocycles. The summed E-state index contributed by atoms with van der Waals surface area (Å²) in [6.45, 7) is 7.12. The first-order valence-electron chi connectivity index (χ1n) is 7.70. The Kier molecular flexibility index (Phi) is 4.88. The number of aryl methyl sites for hydroxylation is 1. The Labute approximate surface area is 134 Å². The Morgan fingerprint density at radius 3 is 2.48 bits per heavy atom. The zero-order valence-electron chi connectivity index (χ0n) is 13.5. The Hall–Kier alpha value is -1.99. The van der Waals surface area contributed by atoms with Gasteiger partial charge in [-0.2, -0.15) is 4.98 Å². The SMILES string of the molecule is COc1cc(CN2CCN(Cc3noc(C)n3)CC2)ccc1F. The predicted molar refractivity (Wildman–Crippen MR) is 82.5 cm³/mol. The van der Waals surface area contributed by atoms with E-state index in [0.29, 0.717) is 11.6 Å². The van der Waals surface area contributed by atoms with Gasteiger partial charge in [0.15, 0.2) is 17.4 Å². The third-order valence-electron chi connectivity index (χ3n) is 4.02. The summed E-state index contributed by atoms with van der Waals surface area (Å²) in [6, 6.07) is 5.04. The summed E-state index contributed by atoms with van der Waals surface area (Å²) in [7, 11) is 1.49. The number of aromatic nitrogens is 2. The normalized spacial score (nSPS) is 16.7. The minimum absolute atomic E-state index is 0.300. The van der Waals surface area contributed by atoms with Crippen LogP contribution >= 0.6 is 0 Å². The molecule has 2 heterocycles. The summed E-state index contributed by atoms with van der Waals surface area (Å²) < 4.78 is 23.5. The van der Waals surface area contributed by atoms with Crippen molar-refractivity contribution >= 4 is 0 Å². The smallest absolute Gasteiger partial charge is 0.223 e. The van der Waals surface area contributed by atoms with Crippen molar-refractivity contribution in [3.05, 3.63) is 41.3 Å². The Bertz CT molecular complexity index is 653. The molecule has 0 bridgehead atoms. The highest BCUT2D eigenvalue weighted by Gasteiger charge is 2.19. The van der Waals surface area contributed by atoms with E-state index in [2.05, 4.69) is 19.9 Å². The van der Waals surface area contributed by atoms with Gasteiger partial charge in [0.05, 0.1) is 13.7 Å². The van der Waals surface area contributed by atoms with Crippen molar-refractivity contribution in [2.24, 2.45) is 0 Å². The van der Waals surface area contributed by atoms with Crippen LogP contribution < -0.4 is 4.74 Å².